The first kappa shape index (κ1) is 12.3. The van der Waals surface area contributed by atoms with Crippen LogP contribution < -0.4 is 5.76 Å². The van der Waals surface area contributed by atoms with Gasteiger partial charge in [-0.2, -0.15) is 11.8 Å². The van der Waals surface area contributed by atoms with Gasteiger partial charge in [-0.05, 0) is 24.3 Å². The molecule has 0 saturated heterocycles. The van der Waals surface area contributed by atoms with Gasteiger partial charge in [0, 0.05) is 18.9 Å². The first-order chi connectivity index (χ1) is 8.33. The van der Waals surface area contributed by atoms with Crippen molar-refractivity contribution in [3.63, 3.8) is 0 Å². The molecule has 0 fully saturated rings. The lowest BCUT2D eigenvalue weighted by Crippen LogP contribution is -2.15. The number of hydrogen-bond donors (Lipinski definition) is 1. The van der Waals surface area contributed by atoms with Crippen LogP contribution in [0.3, 0.4) is 0 Å². The molecule has 0 aliphatic heterocycles. The molecule has 0 radical (unpaired) electrons. The number of nitrogens with zero attached hydrogens (tertiary/aromatic N) is 1. The van der Waals surface area contributed by atoms with E-state index in [9.17, 15) is 4.79 Å². The Morgan fingerprint density at radius 2 is 2.12 bits per heavy atom. The number of fused-ring (bicyclic) bond motifs is 1. The summed E-state index contributed by atoms with van der Waals surface area (Å²) in [5.74, 6) is 1.47. The van der Waals surface area contributed by atoms with Crippen molar-refractivity contribution in [1.82, 2.24) is 4.57 Å². The van der Waals surface area contributed by atoms with Crippen molar-refractivity contribution in [1.29, 1.82) is 0 Å². The molecule has 0 bridgehead atoms. The fraction of sp³-hybridized carbons (Fsp3) is 0.417. The maximum absolute atomic E-state index is 11.6. The van der Waals surface area contributed by atoms with E-state index < -0.39 is 0 Å². The number of aliphatic hydroxyl groups is 1. The van der Waals surface area contributed by atoms with Gasteiger partial charge in [-0.25, -0.2) is 4.79 Å². The van der Waals surface area contributed by atoms with Crippen LogP contribution in [0.2, 0.25) is 0 Å². The topological polar surface area (TPSA) is 55.4 Å². The molecule has 1 aromatic heterocycles. The predicted octanol–water partition coefficient (Wildman–Crippen LogP) is 1.71. The zero-order valence-electron chi connectivity index (χ0n) is 9.46. The van der Waals surface area contributed by atoms with E-state index in [4.69, 9.17) is 9.52 Å². The van der Waals surface area contributed by atoms with Crippen LogP contribution in [0.5, 0.6) is 0 Å². The molecule has 0 atom stereocenters. The molecule has 17 heavy (non-hydrogen) atoms. The molecule has 0 aliphatic carbocycles. The number of rotatable bonds is 6. The predicted molar refractivity (Wildman–Crippen MR) is 69.5 cm³/mol. The summed E-state index contributed by atoms with van der Waals surface area (Å²) in [6.07, 6.45) is 0.797. The number of hydrogen-bond acceptors (Lipinski definition) is 4. The summed E-state index contributed by atoms with van der Waals surface area (Å²) in [5.41, 5.74) is 1.48. The Hall–Kier alpha value is -1.20. The molecular formula is C12H15NO3S. The summed E-state index contributed by atoms with van der Waals surface area (Å²) in [7, 11) is 0. The maximum Gasteiger partial charge on any atom is 0.419 e. The van der Waals surface area contributed by atoms with Crippen LogP contribution in [0.25, 0.3) is 11.1 Å². The molecule has 1 aromatic carbocycles. The van der Waals surface area contributed by atoms with E-state index in [0.29, 0.717) is 12.1 Å². The van der Waals surface area contributed by atoms with Crippen molar-refractivity contribution in [3.8, 4) is 0 Å². The first-order valence-corrected chi connectivity index (χ1v) is 6.75. The van der Waals surface area contributed by atoms with Gasteiger partial charge in [0.1, 0.15) is 0 Å². The second kappa shape index (κ2) is 5.93. The van der Waals surface area contributed by atoms with Crippen molar-refractivity contribution in [2.45, 2.75) is 13.0 Å². The molecule has 0 spiro atoms. The molecule has 0 saturated carbocycles. The van der Waals surface area contributed by atoms with Gasteiger partial charge in [-0.1, -0.05) is 12.1 Å². The zero-order chi connectivity index (χ0) is 12.1. The second-order valence-corrected chi connectivity index (χ2v) is 4.90. The van der Waals surface area contributed by atoms with Gasteiger partial charge >= 0.3 is 5.76 Å². The van der Waals surface area contributed by atoms with Crippen LogP contribution in [-0.2, 0) is 6.54 Å². The van der Waals surface area contributed by atoms with E-state index in [1.165, 1.54) is 0 Å². The molecule has 1 heterocycles. The van der Waals surface area contributed by atoms with Crippen molar-refractivity contribution in [2.75, 3.05) is 18.1 Å². The van der Waals surface area contributed by atoms with Gasteiger partial charge in [0.2, 0.25) is 0 Å². The van der Waals surface area contributed by atoms with Crippen molar-refractivity contribution < 1.29 is 9.52 Å². The highest BCUT2D eigenvalue weighted by Crippen LogP contribution is 2.12. The van der Waals surface area contributed by atoms with Crippen LogP contribution in [0, 0.1) is 0 Å². The van der Waals surface area contributed by atoms with Gasteiger partial charge in [-0.15, -0.1) is 0 Å². The molecule has 2 aromatic rings. The molecule has 0 amide bonds. The van der Waals surface area contributed by atoms with Crippen molar-refractivity contribution in [3.05, 3.63) is 34.8 Å². The summed E-state index contributed by atoms with van der Waals surface area (Å²) >= 11 is 1.73. The fourth-order valence-electron chi connectivity index (χ4n) is 1.65. The van der Waals surface area contributed by atoms with Crippen molar-refractivity contribution >= 4 is 22.9 Å². The average Bonchev–Trinajstić information content (AvgIpc) is 2.65. The maximum atomic E-state index is 11.6. The Morgan fingerprint density at radius 3 is 2.94 bits per heavy atom. The summed E-state index contributed by atoms with van der Waals surface area (Å²) in [6, 6.07) is 7.43. The minimum absolute atomic E-state index is 0.224. The lowest BCUT2D eigenvalue weighted by Gasteiger charge is -2.01. The minimum atomic E-state index is -0.297. The Balaban J connectivity index is 2.03. The highest BCUT2D eigenvalue weighted by atomic mass is 32.2. The SMILES string of the molecule is O=c1oc2ccccc2n1CCSCCCO. The van der Waals surface area contributed by atoms with Gasteiger partial charge in [0.05, 0.1) is 5.52 Å². The summed E-state index contributed by atoms with van der Waals surface area (Å²) in [6.45, 7) is 0.869. The number of thioether (sulfide) groups is 1. The van der Waals surface area contributed by atoms with E-state index in [2.05, 4.69) is 0 Å². The van der Waals surface area contributed by atoms with E-state index in [1.807, 2.05) is 18.2 Å². The molecule has 92 valence electrons. The molecule has 2 rings (SSSR count). The standard InChI is InChI=1S/C12H15NO3S/c14-7-3-8-17-9-6-13-10-4-1-2-5-11(10)16-12(13)15/h1-2,4-5,14H,3,6-9H2. The number of benzene rings is 1. The van der Waals surface area contributed by atoms with E-state index in [0.717, 1.165) is 23.4 Å². The Morgan fingerprint density at radius 1 is 1.29 bits per heavy atom. The highest BCUT2D eigenvalue weighted by molar-refractivity contribution is 7.99. The molecule has 4 nitrogen and oxygen atoms in total. The Labute approximate surface area is 103 Å². The van der Waals surface area contributed by atoms with Crippen LogP contribution in [0.15, 0.2) is 33.5 Å². The smallest absolute Gasteiger partial charge is 0.408 e. The van der Waals surface area contributed by atoms with Crippen molar-refractivity contribution in [2.24, 2.45) is 0 Å². The number of oxazole rings is 1. The zero-order valence-corrected chi connectivity index (χ0v) is 10.3. The molecule has 1 N–H and O–H groups in total. The van der Waals surface area contributed by atoms with E-state index in [-0.39, 0.29) is 12.4 Å². The highest BCUT2D eigenvalue weighted by Gasteiger charge is 2.07. The Kier molecular flexibility index (Phi) is 4.28. The third kappa shape index (κ3) is 2.92. The number of aliphatic hydroxyl groups excluding tert-OH is 1. The van der Waals surface area contributed by atoms with Crippen LogP contribution in [0.1, 0.15) is 6.42 Å². The number of aromatic nitrogens is 1. The molecule has 0 unspecified atom stereocenters. The van der Waals surface area contributed by atoms with Crippen LogP contribution in [-0.4, -0.2) is 27.8 Å². The first-order valence-electron chi connectivity index (χ1n) is 5.60. The summed E-state index contributed by atoms with van der Waals surface area (Å²) in [4.78, 5) is 11.6. The second-order valence-electron chi connectivity index (χ2n) is 3.68. The molecule has 0 aliphatic rings. The number of aryl methyl sites for hydroxylation is 1. The Bertz CT molecular complexity index is 532. The summed E-state index contributed by atoms with van der Waals surface area (Å²) < 4.78 is 6.79. The summed E-state index contributed by atoms with van der Waals surface area (Å²) in [5, 5.41) is 8.65. The lowest BCUT2D eigenvalue weighted by atomic mass is 10.3. The third-order valence-electron chi connectivity index (χ3n) is 2.48. The monoisotopic (exact) mass is 253 g/mol. The quantitative estimate of drug-likeness (QED) is 0.796. The van der Waals surface area contributed by atoms with Gasteiger partial charge in [-0.3, -0.25) is 4.57 Å². The average molecular weight is 253 g/mol. The minimum Gasteiger partial charge on any atom is -0.408 e. The number of para-hydroxylation sites is 2. The lowest BCUT2D eigenvalue weighted by molar-refractivity contribution is 0.296. The molecule has 5 heteroatoms. The normalized spacial score (nSPS) is 11.1. The largest absolute Gasteiger partial charge is 0.419 e. The van der Waals surface area contributed by atoms with E-state index in [1.54, 1.807) is 22.4 Å². The van der Waals surface area contributed by atoms with Crippen LogP contribution in [0.4, 0.5) is 0 Å². The molecular weight excluding hydrogens is 238 g/mol. The third-order valence-corrected chi connectivity index (χ3v) is 3.53. The van der Waals surface area contributed by atoms with Gasteiger partial charge in [0.15, 0.2) is 5.58 Å². The van der Waals surface area contributed by atoms with Gasteiger partial charge < -0.3 is 9.52 Å². The van der Waals surface area contributed by atoms with Crippen LogP contribution >= 0.6 is 11.8 Å². The fourth-order valence-corrected chi connectivity index (χ4v) is 2.50. The van der Waals surface area contributed by atoms with E-state index >= 15 is 0 Å². The van der Waals surface area contributed by atoms with Gasteiger partial charge in [0.25, 0.3) is 0 Å².